The molecular formula is C49H35NO. The van der Waals surface area contributed by atoms with Crippen molar-refractivity contribution in [2.75, 3.05) is 4.90 Å². The van der Waals surface area contributed by atoms with Gasteiger partial charge in [0.15, 0.2) is 0 Å². The van der Waals surface area contributed by atoms with Gasteiger partial charge in [0.05, 0.1) is 5.69 Å². The van der Waals surface area contributed by atoms with Crippen molar-refractivity contribution in [1.29, 1.82) is 0 Å². The van der Waals surface area contributed by atoms with Gasteiger partial charge in [-0.2, -0.15) is 0 Å². The van der Waals surface area contributed by atoms with Gasteiger partial charge in [-0.1, -0.05) is 141 Å². The van der Waals surface area contributed by atoms with Gasteiger partial charge in [0, 0.05) is 33.1 Å². The Kier molecular flexibility index (Phi) is 6.56. The first-order valence-electron chi connectivity index (χ1n) is 17.7. The Balaban J connectivity index is 1.17. The first-order valence-corrected chi connectivity index (χ1v) is 17.7. The zero-order valence-corrected chi connectivity index (χ0v) is 28.6. The summed E-state index contributed by atoms with van der Waals surface area (Å²) in [5.41, 5.74) is 15.6. The Hall–Kier alpha value is -6.38. The lowest BCUT2D eigenvalue weighted by Crippen LogP contribution is -2.16. The molecule has 8 aromatic carbocycles. The van der Waals surface area contributed by atoms with E-state index in [0.29, 0.717) is 0 Å². The molecule has 2 heteroatoms. The number of rotatable bonds is 5. The molecule has 0 bridgehead atoms. The summed E-state index contributed by atoms with van der Waals surface area (Å²) in [6, 6.07) is 63.6. The van der Waals surface area contributed by atoms with Crippen LogP contribution in [-0.2, 0) is 5.41 Å². The van der Waals surface area contributed by atoms with Gasteiger partial charge < -0.3 is 9.64 Å². The molecule has 0 aromatic heterocycles. The molecule has 1 aliphatic heterocycles. The molecule has 2 nitrogen and oxygen atoms in total. The van der Waals surface area contributed by atoms with Crippen LogP contribution < -0.4 is 9.64 Å². The summed E-state index contributed by atoms with van der Waals surface area (Å²) >= 11 is 0. The molecule has 0 saturated carbocycles. The van der Waals surface area contributed by atoms with E-state index in [1.807, 2.05) is 0 Å². The van der Waals surface area contributed by atoms with E-state index in [4.69, 9.17) is 4.74 Å². The molecule has 51 heavy (non-hydrogen) atoms. The van der Waals surface area contributed by atoms with Crippen molar-refractivity contribution in [3.63, 3.8) is 0 Å². The van der Waals surface area contributed by atoms with Crippen molar-refractivity contribution >= 4 is 27.8 Å². The SMILES string of the molecule is CC1(C)c2ccccc2-c2ccc(N(c3cccc(-c4ccccc4)c3)c3ccc4c5c(cccc35)-c3ccc(-c5ccccc5)cc3O4)cc21. The molecule has 0 spiro atoms. The highest BCUT2D eigenvalue weighted by atomic mass is 16.5. The molecule has 10 rings (SSSR count). The highest BCUT2D eigenvalue weighted by Gasteiger charge is 2.36. The first-order chi connectivity index (χ1) is 25.0. The topological polar surface area (TPSA) is 12.5 Å². The summed E-state index contributed by atoms with van der Waals surface area (Å²) in [5.74, 6) is 1.77. The smallest absolute Gasteiger partial charge is 0.136 e. The summed E-state index contributed by atoms with van der Waals surface area (Å²) in [7, 11) is 0. The van der Waals surface area contributed by atoms with Crippen LogP contribution in [0.2, 0.25) is 0 Å². The second-order valence-corrected chi connectivity index (χ2v) is 14.1. The third-order valence-corrected chi connectivity index (χ3v) is 10.9. The number of benzene rings is 8. The molecule has 1 aliphatic carbocycles. The summed E-state index contributed by atoms with van der Waals surface area (Å²) in [6.07, 6.45) is 0. The lowest BCUT2D eigenvalue weighted by Gasteiger charge is -2.31. The lowest BCUT2D eigenvalue weighted by atomic mass is 9.82. The van der Waals surface area contributed by atoms with Crippen LogP contribution in [0.15, 0.2) is 176 Å². The minimum absolute atomic E-state index is 0.115. The molecule has 0 radical (unpaired) electrons. The molecule has 0 fully saturated rings. The van der Waals surface area contributed by atoms with Crippen LogP contribution in [0.25, 0.3) is 55.3 Å². The Bertz CT molecular complexity index is 2640. The van der Waals surface area contributed by atoms with E-state index in [1.54, 1.807) is 0 Å². The van der Waals surface area contributed by atoms with E-state index in [-0.39, 0.29) is 5.41 Å². The van der Waals surface area contributed by atoms with E-state index in [2.05, 4.69) is 195 Å². The van der Waals surface area contributed by atoms with Crippen LogP contribution in [0.1, 0.15) is 25.0 Å². The number of nitrogens with zero attached hydrogens (tertiary/aromatic N) is 1. The number of ether oxygens (including phenoxy) is 1. The molecule has 0 saturated heterocycles. The molecule has 1 heterocycles. The lowest BCUT2D eigenvalue weighted by molar-refractivity contribution is 0.487. The van der Waals surface area contributed by atoms with Gasteiger partial charge >= 0.3 is 0 Å². The molecule has 0 unspecified atom stereocenters. The maximum atomic E-state index is 6.74. The van der Waals surface area contributed by atoms with Gasteiger partial charge in [0.1, 0.15) is 11.5 Å². The van der Waals surface area contributed by atoms with Crippen LogP contribution >= 0.6 is 0 Å². The average Bonchev–Trinajstić information content (AvgIpc) is 3.42. The molecule has 0 atom stereocenters. The molecular weight excluding hydrogens is 619 g/mol. The highest BCUT2D eigenvalue weighted by Crippen LogP contribution is 2.53. The maximum Gasteiger partial charge on any atom is 0.136 e. The Labute approximate surface area is 298 Å². The fourth-order valence-electron chi connectivity index (χ4n) is 8.34. The minimum atomic E-state index is -0.115. The van der Waals surface area contributed by atoms with Crippen molar-refractivity contribution in [3.05, 3.63) is 187 Å². The van der Waals surface area contributed by atoms with Crippen LogP contribution in [0.4, 0.5) is 17.1 Å². The monoisotopic (exact) mass is 653 g/mol. The number of hydrogen-bond donors (Lipinski definition) is 0. The summed E-state index contributed by atoms with van der Waals surface area (Å²) in [4.78, 5) is 2.43. The standard InChI is InChI=1S/C49H35NO/c1-49(2)43-22-10-9-19-38(43)39-26-24-37(31-44(39)49)50(36-18-11-17-34(29-36)32-13-5-3-6-14-32)45-27-28-46-48-41(20-12-21-42(45)48)40-25-23-35(30-47(40)51-46)33-15-7-4-8-16-33/h3-31H,1-2H3. The molecule has 8 aromatic rings. The quantitative estimate of drug-likeness (QED) is 0.183. The van der Waals surface area contributed by atoms with Crippen LogP contribution in [0.3, 0.4) is 0 Å². The molecule has 0 amide bonds. The fraction of sp³-hybridized carbons (Fsp3) is 0.0612. The van der Waals surface area contributed by atoms with Crippen LogP contribution in [0.5, 0.6) is 11.5 Å². The van der Waals surface area contributed by atoms with E-state index in [9.17, 15) is 0 Å². The Morgan fingerprint density at radius 3 is 1.84 bits per heavy atom. The summed E-state index contributed by atoms with van der Waals surface area (Å²) in [6.45, 7) is 4.70. The van der Waals surface area contributed by atoms with Gasteiger partial charge in [-0.25, -0.2) is 0 Å². The molecule has 0 N–H and O–H groups in total. The summed E-state index contributed by atoms with van der Waals surface area (Å²) < 4.78 is 6.74. The Morgan fingerprint density at radius 1 is 0.412 bits per heavy atom. The zero-order chi connectivity index (χ0) is 34.1. The van der Waals surface area contributed by atoms with E-state index < -0.39 is 0 Å². The van der Waals surface area contributed by atoms with Crippen molar-refractivity contribution in [1.82, 2.24) is 0 Å². The van der Waals surface area contributed by atoms with Crippen molar-refractivity contribution in [2.24, 2.45) is 0 Å². The normalized spacial score (nSPS) is 13.2. The predicted octanol–water partition coefficient (Wildman–Crippen LogP) is 13.7. The van der Waals surface area contributed by atoms with Gasteiger partial charge in [-0.05, 0) is 98.6 Å². The maximum absolute atomic E-state index is 6.74. The minimum Gasteiger partial charge on any atom is -0.456 e. The molecule has 242 valence electrons. The number of anilines is 3. The third kappa shape index (κ3) is 4.64. The third-order valence-electron chi connectivity index (χ3n) is 10.9. The van der Waals surface area contributed by atoms with Gasteiger partial charge in [-0.15, -0.1) is 0 Å². The van der Waals surface area contributed by atoms with Gasteiger partial charge in [0.25, 0.3) is 0 Å². The predicted molar refractivity (Wildman–Crippen MR) is 213 cm³/mol. The van der Waals surface area contributed by atoms with Gasteiger partial charge in [0.2, 0.25) is 0 Å². The van der Waals surface area contributed by atoms with Crippen LogP contribution in [-0.4, -0.2) is 0 Å². The van der Waals surface area contributed by atoms with Crippen molar-refractivity contribution < 1.29 is 4.74 Å². The largest absolute Gasteiger partial charge is 0.456 e. The van der Waals surface area contributed by atoms with Gasteiger partial charge in [-0.3, -0.25) is 0 Å². The van der Waals surface area contributed by atoms with E-state index in [1.165, 1.54) is 44.5 Å². The number of hydrogen-bond acceptors (Lipinski definition) is 2. The molecule has 2 aliphatic rings. The van der Waals surface area contributed by atoms with Crippen molar-refractivity contribution in [2.45, 2.75) is 19.3 Å². The summed E-state index contributed by atoms with van der Waals surface area (Å²) in [5, 5.41) is 2.28. The van der Waals surface area contributed by atoms with Crippen molar-refractivity contribution in [3.8, 4) is 56.0 Å². The number of fused-ring (bicyclic) bond motifs is 5. The zero-order valence-electron chi connectivity index (χ0n) is 28.6. The first kappa shape index (κ1) is 29.5. The van der Waals surface area contributed by atoms with E-state index in [0.717, 1.165) is 50.5 Å². The second kappa shape index (κ2) is 11.3. The second-order valence-electron chi connectivity index (χ2n) is 14.1. The average molecular weight is 654 g/mol. The fourth-order valence-corrected chi connectivity index (χ4v) is 8.34. The van der Waals surface area contributed by atoms with Crippen LogP contribution in [0, 0.1) is 0 Å². The highest BCUT2D eigenvalue weighted by molar-refractivity contribution is 6.11. The Morgan fingerprint density at radius 2 is 1.04 bits per heavy atom. The van der Waals surface area contributed by atoms with E-state index >= 15 is 0 Å².